The minimum Gasteiger partial charge on any atom is -0.375 e. The summed E-state index contributed by atoms with van der Waals surface area (Å²) in [5.41, 5.74) is 6.35. The third-order valence-electron chi connectivity index (χ3n) is 6.00. The van der Waals surface area contributed by atoms with Gasteiger partial charge in [0.05, 0.1) is 16.7 Å². The van der Waals surface area contributed by atoms with Gasteiger partial charge in [0.25, 0.3) is 0 Å². The van der Waals surface area contributed by atoms with Crippen molar-refractivity contribution in [3.05, 3.63) is 66.1 Å². The first kappa shape index (κ1) is 21.6. The number of aromatic nitrogens is 4. The third kappa shape index (κ3) is 3.67. The fourth-order valence-electron chi connectivity index (χ4n) is 4.32. The molecule has 5 rings (SSSR count). The Morgan fingerprint density at radius 2 is 1.85 bits per heavy atom. The highest BCUT2D eigenvalue weighted by Crippen LogP contribution is 2.37. The van der Waals surface area contributed by atoms with Gasteiger partial charge in [-0.1, -0.05) is 12.1 Å². The van der Waals surface area contributed by atoms with Crippen molar-refractivity contribution in [1.82, 2.24) is 19.7 Å². The van der Waals surface area contributed by atoms with E-state index in [0.717, 1.165) is 38.5 Å². The summed E-state index contributed by atoms with van der Waals surface area (Å²) >= 11 is 0. The van der Waals surface area contributed by atoms with Crippen molar-refractivity contribution in [3.63, 3.8) is 0 Å². The van der Waals surface area contributed by atoms with Crippen LogP contribution in [-0.2, 0) is 7.05 Å². The number of halogens is 1. The minimum atomic E-state index is -0.286. The van der Waals surface area contributed by atoms with Crippen LogP contribution in [0.3, 0.4) is 0 Å². The number of nitrogens with one attached hydrogen (secondary N) is 2. The molecule has 5 aromatic rings. The van der Waals surface area contributed by atoms with Crippen molar-refractivity contribution < 1.29 is 4.39 Å². The first-order chi connectivity index (χ1) is 16.4. The van der Waals surface area contributed by atoms with E-state index in [1.807, 2.05) is 44.2 Å². The first-order valence-electron chi connectivity index (χ1n) is 11.0. The maximum absolute atomic E-state index is 14.5. The van der Waals surface area contributed by atoms with Crippen LogP contribution in [0.1, 0.15) is 5.56 Å². The monoisotopic (exact) mass is 455 g/mol. The molecule has 0 fully saturated rings. The fraction of sp³-hybridized carbons (Fsp3) is 0.192. The van der Waals surface area contributed by atoms with E-state index < -0.39 is 0 Å². The van der Waals surface area contributed by atoms with Crippen LogP contribution in [0.25, 0.3) is 32.9 Å². The van der Waals surface area contributed by atoms with Crippen LogP contribution in [-0.4, -0.2) is 40.9 Å². The normalized spacial score (nSPS) is 11.2. The highest BCUT2D eigenvalue weighted by atomic mass is 19.1. The topological polar surface area (TPSA) is 70.9 Å². The van der Waals surface area contributed by atoms with E-state index in [9.17, 15) is 4.39 Å². The summed E-state index contributed by atoms with van der Waals surface area (Å²) in [5.74, 6) is 0.987. The predicted octanol–water partition coefficient (Wildman–Crippen LogP) is 5.48. The number of rotatable bonds is 5. The van der Waals surface area contributed by atoms with Gasteiger partial charge in [0, 0.05) is 56.4 Å². The molecule has 0 aliphatic carbocycles. The smallest absolute Gasteiger partial charge is 0.222 e. The van der Waals surface area contributed by atoms with Crippen molar-refractivity contribution in [3.8, 4) is 11.1 Å². The van der Waals surface area contributed by atoms with Crippen molar-refractivity contribution in [1.29, 1.82) is 0 Å². The molecule has 0 atom stereocenters. The van der Waals surface area contributed by atoms with Gasteiger partial charge in [0.2, 0.25) is 5.95 Å². The molecular weight excluding hydrogens is 429 g/mol. The van der Waals surface area contributed by atoms with E-state index in [4.69, 9.17) is 5.10 Å². The standard InChI is InChI=1S/C26H26FN7/c1-15-6-9-19-24(23(15)16-7-10-21-17(12-16)14-29-26(28-2)31-21)34(5)32-25(19)30-18-8-11-22(33(3)4)20(27)13-18/h6-14H,1-5H3,(H,30,32)(H,28,29,31). The Morgan fingerprint density at radius 3 is 2.59 bits per heavy atom. The maximum atomic E-state index is 14.5. The molecule has 172 valence electrons. The Morgan fingerprint density at radius 1 is 1.03 bits per heavy atom. The molecule has 0 unspecified atom stereocenters. The molecule has 2 heterocycles. The van der Waals surface area contributed by atoms with Crippen molar-refractivity contribution >= 4 is 44.9 Å². The number of fused-ring (bicyclic) bond motifs is 2. The van der Waals surface area contributed by atoms with E-state index in [1.165, 1.54) is 6.07 Å². The van der Waals surface area contributed by atoms with Crippen LogP contribution in [0.2, 0.25) is 0 Å². The lowest BCUT2D eigenvalue weighted by atomic mass is 9.96. The van der Waals surface area contributed by atoms with E-state index >= 15 is 0 Å². The molecule has 0 saturated carbocycles. The molecule has 8 heteroatoms. The van der Waals surface area contributed by atoms with Crippen LogP contribution >= 0.6 is 0 Å². The number of hydrogen-bond acceptors (Lipinski definition) is 6. The molecular formula is C26H26FN7. The lowest BCUT2D eigenvalue weighted by Crippen LogP contribution is -2.10. The Hall–Kier alpha value is -4.20. The van der Waals surface area contributed by atoms with E-state index in [1.54, 1.807) is 18.0 Å². The summed E-state index contributed by atoms with van der Waals surface area (Å²) in [6.45, 7) is 2.09. The third-order valence-corrected chi connectivity index (χ3v) is 6.00. The molecule has 0 aliphatic heterocycles. The number of nitrogens with zero attached hydrogens (tertiary/aromatic N) is 5. The van der Waals surface area contributed by atoms with Gasteiger partial charge in [-0.05, 0) is 54.4 Å². The first-order valence-corrected chi connectivity index (χ1v) is 11.0. The van der Waals surface area contributed by atoms with Gasteiger partial charge in [-0.3, -0.25) is 4.68 Å². The molecule has 7 nitrogen and oxygen atoms in total. The Bertz CT molecular complexity index is 1540. The maximum Gasteiger partial charge on any atom is 0.222 e. The van der Waals surface area contributed by atoms with Gasteiger partial charge < -0.3 is 15.5 Å². The highest BCUT2D eigenvalue weighted by molar-refractivity contribution is 6.03. The zero-order valence-electron chi connectivity index (χ0n) is 19.8. The second-order valence-corrected chi connectivity index (χ2v) is 8.53. The summed E-state index contributed by atoms with van der Waals surface area (Å²) in [6, 6.07) is 15.4. The molecule has 2 aromatic heterocycles. The Labute approximate surface area is 197 Å². The highest BCUT2D eigenvalue weighted by Gasteiger charge is 2.17. The molecule has 0 saturated heterocycles. The zero-order chi connectivity index (χ0) is 24.0. The number of hydrogen-bond donors (Lipinski definition) is 2. The predicted molar refractivity (Wildman–Crippen MR) is 138 cm³/mol. The molecule has 0 amide bonds. The average molecular weight is 456 g/mol. The quantitative estimate of drug-likeness (QED) is 0.366. The van der Waals surface area contributed by atoms with Crippen LogP contribution < -0.4 is 15.5 Å². The van der Waals surface area contributed by atoms with Crippen molar-refractivity contribution in [2.45, 2.75) is 6.92 Å². The molecule has 0 radical (unpaired) electrons. The van der Waals surface area contributed by atoms with Gasteiger partial charge in [0.1, 0.15) is 5.82 Å². The van der Waals surface area contributed by atoms with E-state index in [0.29, 0.717) is 23.1 Å². The summed E-state index contributed by atoms with van der Waals surface area (Å²) in [6.07, 6.45) is 1.83. The van der Waals surface area contributed by atoms with Crippen LogP contribution in [0.15, 0.2) is 54.7 Å². The SMILES string of the molecule is CNc1ncc2cc(-c3c(C)ccc4c(Nc5ccc(N(C)C)c(F)c5)nn(C)c34)ccc2n1. The summed E-state index contributed by atoms with van der Waals surface area (Å²) in [7, 11) is 7.37. The summed E-state index contributed by atoms with van der Waals surface area (Å²) in [4.78, 5) is 10.6. The molecule has 34 heavy (non-hydrogen) atoms. The Kier molecular flexibility index (Phi) is 5.28. The second kappa shape index (κ2) is 8.30. The molecule has 0 spiro atoms. The molecule has 2 N–H and O–H groups in total. The van der Waals surface area contributed by atoms with Gasteiger partial charge >= 0.3 is 0 Å². The number of aryl methyl sites for hydroxylation is 2. The van der Waals surface area contributed by atoms with E-state index in [2.05, 4.69) is 51.8 Å². The van der Waals surface area contributed by atoms with Crippen molar-refractivity contribution in [2.24, 2.45) is 7.05 Å². The second-order valence-electron chi connectivity index (χ2n) is 8.53. The fourth-order valence-corrected chi connectivity index (χ4v) is 4.32. The summed E-state index contributed by atoms with van der Waals surface area (Å²) < 4.78 is 16.4. The zero-order valence-corrected chi connectivity index (χ0v) is 19.8. The molecule has 3 aromatic carbocycles. The largest absolute Gasteiger partial charge is 0.375 e. The van der Waals surface area contributed by atoms with E-state index in [-0.39, 0.29) is 5.82 Å². The van der Waals surface area contributed by atoms with Gasteiger partial charge in [-0.2, -0.15) is 5.10 Å². The van der Waals surface area contributed by atoms with Gasteiger partial charge in [-0.25, -0.2) is 14.4 Å². The van der Waals surface area contributed by atoms with Crippen LogP contribution in [0, 0.1) is 12.7 Å². The van der Waals surface area contributed by atoms with Gasteiger partial charge in [0.15, 0.2) is 5.82 Å². The molecule has 0 aliphatic rings. The minimum absolute atomic E-state index is 0.286. The van der Waals surface area contributed by atoms with Crippen LogP contribution in [0.4, 0.5) is 27.5 Å². The van der Waals surface area contributed by atoms with Crippen LogP contribution in [0.5, 0.6) is 0 Å². The lowest BCUT2D eigenvalue weighted by molar-refractivity contribution is 0.627. The average Bonchev–Trinajstić information content (AvgIpc) is 3.13. The lowest BCUT2D eigenvalue weighted by Gasteiger charge is -2.14. The number of benzene rings is 3. The molecule has 0 bridgehead atoms. The number of anilines is 4. The summed E-state index contributed by atoms with van der Waals surface area (Å²) in [5, 5.41) is 12.9. The Balaban J connectivity index is 1.60. The van der Waals surface area contributed by atoms with Crippen molar-refractivity contribution in [2.75, 3.05) is 36.7 Å². The van der Waals surface area contributed by atoms with Gasteiger partial charge in [-0.15, -0.1) is 0 Å².